The van der Waals surface area contributed by atoms with Crippen LogP contribution in [-0.4, -0.2) is 33.7 Å². The van der Waals surface area contributed by atoms with Crippen LogP contribution in [0.5, 0.6) is 5.88 Å². The zero-order valence-electron chi connectivity index (χ0n) is 11.5. The molecule has 3 rings (SSSR count). The van der Waals surface area contributed by atoms with Crippen molar-refractivity contribution in [3.63, 3.8) is 0 Å². The lowest BCUT2D eigenvalue weighted by Gasteiger charge is -1.97. The second-order valence-corrected chi connectivity index (χ2v) is 3.79. The van der Waals surface area contributed by atoms with Gasteiger partial charge in [0.15, 0.2) is 0 Å². The van der Waals surface area contributed by atoms with Crippen molar-refractivity contribution in [3.8, 4) is 17.2 Å². The Bertz CT molecular complexity index is 616. The molecule has 0 aliphatic rings. The summed E-state index contributed by atoms with van der Waals surface area (Å²) >= 11 is 0. The quantitative estimate of drug-likeness (QED) is 0.760. The van der Waals surface area contributed by atoms with E-state index >= 15 is 0 Å². The van der Waals surface area contributed by atoms with Gasteiger partial charge in [-0.2, -0.15) is 19.8 Å². The van der Waals surface area contributed by atoms with Crippen molar-refractivity contribution in [2.45, 2.75) is 0 Å². The summed E-state index contributed by atoms with van der Waals surface area (Å²) in [6, 6.07) is 8.88. The van der Waals surface area contributed by atoms with Crippen molar-refractivity contribution < 1.29 is 13.7 Å². The van der Waals surface area contributed by atoms with E-state index in [4.69, 9.17) is 15.0 Å². The summed E-state index contributed by atoms with van der Waals surface area (Å²) in [7, 11) is 0. The minimum atomic E-state index is -0.598. The molecule has 1 aromatic carbocycles. The second-order valence-electron chi connectivity index (χ2n) is 3.79. The number of hydrogen-bond donors (Lipinski definition) is 2. The van der Waals surface area contributed by atoms with Gasteiger partial charge in [0.25, 0.3) is 5.88 Å². The molecular weight excluding hydrogens is 313 g/mol. The summed E-state index contributed by atoms with van der Waals surface area (Å²) in [6.45, 7) is 0.505. The number of rotatable bonds is 4. The van der Waals surface area contributed by atoms with E-state index in [1.807, 2.05) is 6.07 Å². The monoisotopic (exact) mass is 327 g/mol. The van der Waals surface area contributed by atoms with Crippen molar-refractivity contribution >= 4 is 12.4 Å². The molecule has 0 saturated carbocycles. The number of H-pyrrole nitrogens is 1. The van der Waals surface area contributed by atoms with Gasteiger partial charge in [0.05, 0.1) is 12.4 Å². The molecule has 3 N–H and O–H groups in total. The van der Waals surface area contributed by atoms with E-state index in [-0.39, 0.29) is 30.7 Å². The Morgan fingerprint density at radius 3 is 2.41 bits per heavy atom. The van der Waals surface area contributed by atoms with E-state index in [2.05, 4.69) is 20.6 Å². The lowest BCUT2D eigenvalue weighted by atomic mass is 10.2. The van der Waals surface area contributed by atoms with Crippen LogP contribution in [0, 0.1) is 5.82 Å². The number of nitrogens with zero attached hydrogens (tertiary/aromatic N) is 3. The number of halogens is 2. The Balaban J connectivity index is 0.000000344. The van der Waals surface area contributed by atoms with Crippen LogP contribution in [0.1, 0.15) is 0 Å². The van der Waals surface area contributed by atoms with Crippen molar-refractivity contribution in [2.75, 3.05) is 13.2 Å². The summed E-state index contributed by atoms with van der Waals surface area (Å²) in [5.74, 6) is -0.670. The molecule has 0 spiro atoms. The Kier molecular flexibility index (Phi) is 7.58. The number of aromatic nitrogens is 4. The number of nitrogens with one attached hydrogen (secondary N) is 1. The third-order valence-corrected chi connectivity index (χ3v) is 2.33. The van der Waals surface area contributed by atoms with Crippen LogP contribution in [0.2, 0.25) is 0 Å². The van der Waals surface area contributed by atoms with Gasteiger partial charge in [0.2, 0.25) is 11.6 Å². The standard InChI is InChI=1S/C11H11FN2O2.C2H3N3.ClH/c12-9-10(8-4-2-1-3-5-8)16-14-11(9)15-7-6-13;1-2-4-5-3-1;/h1-5H,6-7,13H2;1-2H,(H,3,4,5);1H. The average molecular weight is 328 g/mol. The fourth-order valence-electron chi connectivity index (χ4n) is 1.45. The average Bonchev–Trinajstić information content (AvgIpc) is 3.20. The highest BCUT2D eigenvalue weighted by Crippen LogP contribution is 2.28. The first kappa shape index (κ1) is 17.6. The molecule has 7 nitrogen and oxygen atoms in total. The SMILES string of the molecule is Cl.NCCOc1noc(-c2ccccc2)c1F.c1cn[nH]n1. The normalized spacial score (nSPS) is 9.36. The minimum Gasteiger partial charge on any atom is -0.472 e. The molecule has 2 heterocycles. The van der Waals surface area contributed by atoms with Crippen LogP contribution in [0.15, 0.2) is 47.2 Å². The third-order valence-electron chi connectivity index (χ3n) is 2.33. The molecule has 0 atom stereocenters. The molecule has 2 aromatic heterocycles. The van der Waals surface area contributed by atoms with Gasteiger partial charge in [-0.1, -0.05) is 30.3 Å². The lowest BCUT2D eigenvalue weighted by Crippen LogP contribution is -2.11. The number of nitrogens with two attached hydrogens (primary N) is 1. The molecule has 0 unspecified atom stereocenters. The van der Waals surface area contributed by atoms with Crippen molar-refractivity contribution in [1.29, 1.82) is 0 Å². The van der Waals surface area contributed by atoms with Gasteiger partial charge in [-0.15, -0.1) is 12.4 Å². The molecule has 118 valence electrons. The molecule has 0 radical (unpaired) electrons. The van der Waals surface area contributed by atoms with Gasteiger partial charge in [-0.3, -0.25) is 0 Å². The first-order valence-electron chi connectivity index (χ1n) is 6.16. The Morgan fingerprint density at radius 1 is 1.18 bits per heavy atom. The summed E-state index contributed by atoms with van der Waals surface area (Å²) in [4.78, 5) is 0. The molecule has 0 aliphatic heterocycles. The van der Waals surface area contributed by atoms with E-state index in [1.165, 1.54) is 0 Å². The molecule has 0 amide bonds. The van der Waals surface area contributed by atoms with Crippen molar-refractivity contribution in [2.24, 2.45) is 5.73 Å². The molecular formula is C13H15ClFN5O2. The maximum Gasteiger partial charge on any atom is 0.291 e. The first-order valence-corrected chi connectivity index (χ1v) is 6.16. The summed E-state index contributed by atoms with van der Waals surface area (Å²) in [5.41, 5.74) is 5.86. The van der Waals surface area contributed by atoms with Crippen LogP contribution in [0.25, 0.3) is 11.3 Å². The second kappa shape index (κ2) is 9.48. The zero-order valence-corrected chi connectivity index (χ0v) is 12.3. The van der Waals surface area contributed by atoms with Crippen LogP contribution >= 0.6 is 12.4 Å². The molecule has 0 saturated heterocycles. The van der Waals surface area contributed by atoms with E-state index in [0.29, 0.717) is 12.1 Å². The van der Waals surface area contributed by atoms with Gasteiger partial charge in [0, 0.05) is 12.1 Å². The molecule has 9 heteroatoms. The summed E-state index contributed by atoms with van der Waals surface area (Å²) in [5, 5.41) is 12.8. The predicted molar refractivity (Wildman–Crippen MR) is 80.1 cm³/mol. The highest BCUT2D eigenvalue weighted by Gasteiger charge is 2.18. The van der Waals surface area contributed by atoms with Gasteiger partial charge < -0.3 is 15.0 Å². The first-order chi connectivity index (χ1) is 10.3. The largest absolute Gasteiger partial charge is 0.472 e. The Labute approximate surface area is 132 Å². The molecule has 0 aliphatic carbocycles. The highest BCUT2D eigenvalue weighted by molar-refractivity contribution is 5.85. The van der Waals surface area contributed by atoms with E-state index in [0.717, 1.165) is 0 Å². The minimum absolute atomic E-state index is 0. The highest BCUT2D eigenvalue weighted by atomic mass is 35.5. The number of aromatic amines is 1. The van der Waals surface area contributed by atoms with Gasteiger partial charge in [-0.25, -0.2) is 0 Å². The van der Waals surface area contributed by atoms with Gasteiger partial charge in [0.1, 0.15) is 6.61 Å². The van der Waals surface area contributed by atoms with Crippen LogP contribution in [0.4, 0.5) is 4.39 Å². The fraction of sp³-hybridized carbons (Fsp3) is 0.154. The van der Waals surface area contributed by atoms with Gasteiger partial charge in [-0.05, 0) is 5.16 Å². The smallest absolute Gasteiger partial charge is 0.291 e. The topological polar surface area (TPSA) is 103 Å². The van der Waals surface area contributed by atoms with E-state index < -0.39 is 5.82 Å². The maximum absolute atomic E-state index is 13.7. The molecule has 3 aromatic rings. The van der Waals surface area contributed by atoms with Crippen LogP contribution < -0.4 is 10.5 Å². The number of ether oxygens (including phenoxy) is 1. The third kappa shape index (κ3) is 4.83. The van der Waals surface area contributed by atoms with Crippen LogP contribution in [0.3, 0.4) is 0 Å². The van der Waals surface area contributed by atoms with Crippen LogP contribution in [-0.2, 0) is 0 Å². The van der Waals surface area contributed by atoms with Crippen molar-refractivity contribution in [1.82, 2.24) is 20.6 Å². The van der Waals surface area contributed by atoms with E-state index in [1.54, 1.807) is 36.7 Å². The summed E-state index contributed by atoms with van der Waals surface area (Å²) in [6.07, 6.45) is 3.17. The lowest BCUT2D eigenvalue weighted by molar-refractivity contribution is 0.280. The van der Waals surface area contributed by atoms with Crippen molar-refractivity contribution in [3.05, 3.63) is 48.5 Å². The number of hydrogen-bond acceptors (Lipinski definition) is 6. The Hall–Kier alpha value is -2.45. The predicted octanol–water partition coefficient (Wildman–Crippen LogP) is 2.04. The molecule has 0 bridgehead atoms. The maximum atomic E-state index is 13.7. The van der Waals surface area contributed by atoms with E-state index in [9.17, 15) is 4.39 Å². The molecule has 22 heavy (non-hydrogen) atoms. The number of benzene rings is 1. The zero-order chi connectivity index (χ0) is 14.9. The van der Waals surface area contributed by atoms with Gasteiger partial charge >= 0.3 is 0 Å². The Morgan fingerprint density at radius 2 is 1.86 bits per heavy atom. The molecule has 0 fully saturated rings. The fourth-order valence-corrected chi connectivity index (χ4v) is 1.45. The summed E-state index contributed by atoms with van der Waals surface area (Å²) < 4.78 is 23.6.